The van der Waals surface area contributed by atoms with Crippen molar-refractivity contribution in [3.8, 4) is 0 Å². The van der Waals surface area contributed by atoms with Gasteiger partial charge >= 0.3 is 0 Å². The second-order valence-electron chi connectivity index (χ2n) is 6.21. The molecular formula is C13H25N. The second-order valence-corrected chi connectivity index (χ2v) is 6.21. The van der Waals surface area contributed by atoms with Crippen LogP contribution in [-0.4, -0.2) is 24.5 Å². The number of fused-ring (bicyclic) bond motifs is 1. The summed E-state index contributed by atoms with van der Waals surface area (Å²) in [4.78, 5) is 2.63. The molecule has 1 saturated carbocycles. The summed E-state index contributed by atoms with van der Waals surface area (Å²) in [5.74, 6) is 1.01. The molecule has 0 N–H and O–H groups in total. The van der Waals surface area contributed by atoms with E-state index in [4.69, 9.17) is 0 Å². The van der Waals surface area contributed by atoms with Gasteiger partial charge in [0.1, 0.15) is 0 Å². The molecule has 0 aromatic rings. The first-order valence-corrected chi connectivity index (χ1v) is 6.29. The molecule has 2 fully saturated rings. The van der Waals surface area contributed by atoms with Gasteiger partial charge in [-0.05, 0) is 57.0 Å². The summed E-state index contributed by atoms with van der Waals surface area (Å²) in [6.45, 7) is 6.24. The molecule has 0 spiro atoms. The quantitative estimate of drug-likeness (QED) is 0.573. The molecule has 1 heterocycles. The lowest BCUT2D eigenvalue weighted by molar-refractivity contribution is 0.0913. The van der Waals surface area contributed by atoms with Crippen molar-refractivity contribution in [3.05, 3.63) is 0 Å². The zero-order chi connectivity index (χ0) is 10.2. The topological polar surface area (TPSA) is 3.24 Å². The minimum atomic E-state index is 0.588. The Balaban J connectivity index is 2.09. The number of hydrogen-bond donors (Lipinski definition) is 0. The molecule has 1 heteroatoms. The molecule has 0 bridgehead atoms. The Labute approximate surface area is 88.9 Å². The van der Waals surface area contributed by atoms with Crippen LogP contribution >= 0.6 is 0 Å². The van der Waals surface area contributed by atoms with Crippen molar-refractivity contribution in [2.75, 3.05) is 13.6 Å². The van der Waals surface area contributed by atoms with E-state index in [0.717, 1.165) is 12.0 Å². The van der Waals surface area contributed by atoms with Crippen molar-refractivity contribution in [2.45, 2.75) is 58.4 Å². The third kappa shape index (κ3) is 2.13. The number of likely N-dealkylation sites (tertiary alicyclic amines) is 1. The van der Waals surface area contributed by atoms with Gasteiger partial charge in [0.2, 0.25) is 0 Å². The van der Waals surface area contributed by atoms with Crippen molar-refractivity contribution >= 4 is 0 Å². The maximum Gasteiger partial charge on any atom is 0.0126 e. The predicted octanol–water partition coefficient (Wildman–Crippen LogP) is 3.30. The standard InChI is InChI=1S/C13H25N/c1-13(2)8-4-6-11-7-5-9-14(3)12(11)10-13/h11-12H,4-10H2,1-3H3. The summed E-state index contributed by atoms with van der Waals surface area (Å²) in [6, 6.07) is 0.890. The largest absolute Gasteiger partial charge is 0.303 e. The first-order chi connectivity index (χ1) is 6.58. The van der Waals surface area contributed by atoms with Gasteiger partial charge in [-0.15, -0.1) is 0 Å². The maximum atomic E-state index is 2.63. The summed E-state index contributed by atoms with van der Waals surface area (Å²) in [7, 11) is 2.33. The van der Waals surface area contributed by atoms with E-state index in [9.17, 15) is 0 Å². The summed E-state index contributed by atoms with van der Waals surface area (Å²) >= 11 is 0. The molecule has 1 saturated heterocycles. The Morgan fingerprint density at radius 3 is 2.64 bits per heavy atom. The summed E-state index contributed by atoms with van der Waals surface area (Å²) in [5.41, 5.74) is 0.588. The maximum absolute atomic E-state index is 2.63. The van der Waals surface area contributed by atoms with Gasteiger partial charge in [0, 0.05) is 6.04 Å². The van der Waals surface area contributed by atoms with E-state index in [-0.39, 0.29) is 0 Å². The molecule has 1 aliphatic carbocycles. The van der Waals surface area contributed by atoms with Crippen LogP contribution < -0.4 is 0 Å². The fourth-order valence-corrected chi connectivity index (χ4v) is 3.49. The minimum Gasteiger partial charge on any atom is -0.303 e. The summed E-state index contributed by atoms with van der Waals surface area (Å²) in [6.07, 6.45) is 8.73. The van der Waals surface area contributed by atoms with E-state index >= 15 is 0 Å². The lowest BCUT2D eigenvalue weighted by atomic mass is 9.79. The van der Waals surface area contributed by atoms with E-state index < -0.39 is 0 Å². The van der Waals surface area contributed by atoms with Crippen molar-refractivity contribution in [2.24, 2.45) is 11.3 Å². The van der Waals surface area contributed by atoms with E-state index in [1.807, 2.05) is 0 Å². The van der Waals surface area contributed by atoms with Crippen LogP contribution in [0.15, 0.2) is 0 Å². The van der Waals surface area contributed by atoms with Crippen molar-refractivity contribution < 1.29 is 0 Å². The van der Waals surface area contributed by atoms with E-state index in [2.05, 4.69) is 25.8 Å². The van der Waals surface area contributed by atoms with E-state index in [0.29, 0.717) is 5.41 Å². The molecule has 0 aromatic carbocycles. The lowest BCUT2D eigenvalue weighted by Gasteiger charge is -2.40. The summed E-state index contributed by atoms with van der Waals surface area (Å²) in [5, 5.41) is 0. The van der Waals surface area contributed by atoms with Gasteiger partial charge in [0.25, 0.3) is 0 Å². The third-order valence-electron chi connectivity index (χ3n) is 4.39. The first-order valence-electron chi connectivity index (χ1n) is 6.29. The molecule has 2 rings (SSSR count). The normalized spacial score (nSPS) is 38.8. The monoisotopic (exact) mass is 195 g/mol. The van der Waals surface area contributed by atoms with Crippen LogP contribution in [-0.2, 0) is 0 Å². The number of piperidine rings is 1. The van der Waals surface area contributed by atoms with Crippen LogP contribution in [0.5, 0.6) is 0 Å². The second kappa shape index (κ2) is 3.84. The Kier molecular flexibility index (Phi) is 2.88. The Hall–Kier alpha value is -0.0400. The molecule has 0 radical (unpaired) electrons. The third-order valence-corrected chi connectivity index (χ3v) is 4.39. The van der Waals surface area contributed by atoms with Crippen LogP contribution in [0.2, 0.25) is 0 Å². The zero-order valence-electron chi connectivity index (χ0n) is 10.1. The molecule has 0 amide bonds. The van der Waals surface area contributed by atoms with Gasteiger partial charge in [-0.2, -0.15) is 0 Å². The fourth-order valence-electron chi connectivity index (χ4n) is 3.49. The zero-order valence-corrected chi connectivity index (χ0v) is 10.1. The van der Waals surface area contributed by atoms with Crippen molar-refractivity contribution in [1.82, 2.24) is 4.90 Å². The van der Waals surface area contributed by atoms with Gasteiger partial charge in [0.05, 0.1) is 0 Å². The Bertz CT molecular complexity index is 197. The molecule has 1 aliphatic heterocycles. The molecule has 2 aliphatic rings. The van der Waals surface area contributed by atoms with Gasteiger partial charge in [-0.3, -0.25) is 0 Å². The number of nitrogens with zero attached hydrogens (tertiary/aromatic N) is 1. The molecule has 2 unspecified atom stereocenters. The molecule has 2 atom stereocenters. The van der Waals surface area contributed by atoms with Crippen LogP contribution in [0, 0.1) is 11.3 Å². The smallest absolute Gasteiger partial charge is 0.0126 e. The van der Waals surface area contributed by atoms with Crippen LogP contribution in [0.1, 0.15) is 52.4 Å². The highest BCUT2D eigenvalue weighted by molar-refractivity contribution is 4.90. The average Bonchev–Trinajstić information content (AvgIpc) is 2.24. The molecule has 1 nitrogen and oxygen atoms in total. The van der Waals surface area contributed by atoms with Crippen molar-refractivity contribution in [1.29, 1.82) is 0 Å². The van der Waals surface area contributed by atoms with Crippen LogP contribution in [0.4, 0.5) is 0 Å². The predicted molar refractivity (Wildman–Crippen MR) is 61.4 cm³/mol. The van der Waals surface area contributed by atoms with Gasteiger partial charge in [0.15, 0.2) is 0 Å². The first kappa shape index (κ1) is 10.5. The minimum absolute atomic E-state index is 0.588. The molecule has 82 valence electrons. The highest BCUT2D eigenvalue weighted by Crippen LogP contribution is 2.41. The van der Waals surface area contributed by atoms with Crippen LogP contribution in [0.3, 0.4) is 0 Å². The molecular weight excluding hydrogens is 170 g/mol. The SMILES string of the molecule is CN1CCCC2CCCC(C)(C)CC21. The van der Waals surface area contributed by atoms with Gasteiger partial charge in [-0.1, -0.05) is 20.3 Å². The Morgan fingerprint density at radius 2 is 1.86 bits per heavy atom. The van der Waals surface area contributed by atoms with Gasteiger partial charge in [-0.25, -0.2) is 0 Å². The van der Waals surface area contributed by atoms with Crippen LogP contribution in [0.25, 0.3) is 0 Å². The average molecular weight is 195 g/mol. The van der Waals surface area contributed by atoms with E-state index in [1.165, 1.54) is 45.1 Å². The van der Waals surface area contributed by atoms with Crippen molar-refractivity contribution in [3.63, 3.8) is 0 Å². The highest BCUT2D eigenvalue weighted by Gasteiger charge is 2.36. The molecule has 14 heavy (non-hydrogen) atoms. The Morgan fingerprint density at radius 1 is 1.14 bits per heavy atom. The van der Waals surface area contributed by atoms with E-state index in [1.54, 1.807) is 0 Å². The van der Waals surface area contributed by atoms with Gasteiger partial charge < -0.3 is 4.90 Å². The number of rotatable bonds is 0. The highest BCUT2D eigenvalue weighted by atomic mass is 15.1. The molecule has 0 aromatic heterocycles. The number of hydrogen-bond acceptors (Lipinski definition) is 1. The lowest BCUT2D eigenvalue weighted by Crippen LogP contribution is -2.43. The summed E-state index contributed by atoms with van der Waals surface area (Å²) < 4.78 is 0. The fraction of sp³-hybridized carbons (Fsp3) is 1.00.